The largest absolute Gasteiger partial charge is 0.478 e. The van der Waals surface area contributed by atoms with Crippen LogP contribution in [0.3, 0.4) is 0 Å². The van der Waals surface area contributed by atoms with Crippen molar-refractivity contribution in [3.8, 4) is 0 Å². The van der Waals surface area contributed by atoms with E-state index in [9.17, 15) is 9.59 Å². The summed E-state index contributed by atoms with van der Waals surface area (Å²) in [6.07, 6.45) is -1.30. The predicted octanol–water partition coefficient (Wildman–Crippen LogP) is 3.89. The van der Waals surface area contributed by atoms with Crippen molar-refractivity contribution in [2.75, 3.05) is 5.32 Å². The summed E-state index contributed by atoms with van der Waals surface area (Å²) in [6.45, 7) is 3.59. The zero-order chi connectivity index (χ0) is 16.1. The van der Waals surface area contributed by atoms with Gasteiger partial charge in [0, 0.05) is 11.3 Å². The molecule has 0 bridgehead atoms. The summed E-state index contributed by atoms with van der Waals surface area (Å²) >= 11 is 0. The maximum atomic E-state index is 12.0. The van der Waals surface area contributed by atoms with Crippen molar-refractivity contribution in [3.05, 3.63) is 42.5 Å². The third kappa shape index (κ3) is 3.55. The number of hydrogen-bond donors (Lipinski definition) is 2. The van der Waals surface area contributed by atoms with E-state index in [2.05, 4.69) is 5.32 Å². The fourth-order valence-electron chi connectivity index (χ4n) is 2.21. The molecular weight excluding hydrogens is 282 g/mol. The zero-order valence-corrected chi connectivity index (χ0v) is 12.6. The van der Waals surface area contributed by atoms with Gasteiger partial charge in [-0.25, -0.2) is 9.59 Å². The van der Waals surface area contributed by atoms with E-state index in [0.717, 1.165) is 10.8 Å². The molecule has 1 amide bonds. The number of aliphatic carboxylic acids is 1. The Morgan fingerprint density at radius 2 is 1.86 bits per heavy atom. The molecule has 0 spiro atoms. The molecule has 2 N–H and O–H groups in total. The molecule has 2 aromatic carbocycles. The summed E-state index contributed by atoms with van der Waals surface area (Å²) < 4.78 is 5.07. The van der Waals surface area contributed by atoms with Gasteiger partial charge < -0.3 is 9.84 Å². The minimum absolute atomic E-state index is 0.254. The van der Waals surface area contributed by atoms with Gasteiger partial charge in [-0.15, -0.1) is 0 Å². The molecule has 0 saturated carbocycles. The molecule has 0 aliphatic rings. The second-order valence-electron chi connectivity index (χ2n) is 5.20. The Morgan fingerprint density at radius 3 is 2.55 bits per heavy atom. The molecule has 5 nitrogen and oxygen atoms in total. The number of carbonyl (C=O) groups is 2. The number of hydrogen-bond acceptors (Lipinski definition) is 3. The smallest absolute Gasteiger partial charge is 0.412 e. The summed E-state index contributed by atoms with van der Waals surface area (Å²) in [4.78, 5) is 23.2. The molecule has 0 aromatic heterocycles. The number of fused-ring (bicyclic) bond motifs is 1. The summed E-state index contributed by atoms with van der Waals surface area (Å²) in [5.41, 5.74) is 0.594. The minimum Gasteiger partial charge on any atom is -0.478 e. The molecule has 0 heterocycles. The van der Waals surface area contributed by atoms with E-state index in [-0.39, 0.29) is 5.92 Å². The summed E-state index contributed by atoms with van der Waals surface area (Å²) in [6, 6.07) is 13.1. The van der Waals surface area contributed by atoms with Gasteiger partial charge in [-0.2, -0.15) is 0 Å². The van der Waals surface area contributed by atoms with Gasteiger partial charge in [-0.3, -0.25) is 5.32 Å². The number of ether oxygens (including phenoxy) is 1. The lowest BCUT2D eigenvalue weighted by molar-refractivity contribution is -0.149. The average Bonchev–Trinajstić information content (AvgIpc) is 2.52. The highest BCUT2D eigenvalue weighted by atomic mass is 16.6. The SMILES string of the molecule is CC[C@H](C)[C@H](OC(=O)Nc1cccc2ccccc12)C(=O)O. The maximum Gasteiger partial charge on any atom is 0.412 e. The Hall–Kier alpha value is -2.56. The Balaban J connectivity index is 2.15. The third-order valence-electron chi connectivity index (χ3n) is 3.66. The van der Waals surface area contributed by atoms with Crippen LogP contribution in [0, 0.1) is 5.92 Å². The molecule has 2 aromatic rings. The Bertz CT molecular complexity index is 678. The standard InChI is InChI=1S/C17H19NO4/c1-3-11(2)15(16(19)20)22-17(21)18-14-10-6-8-12-7-4-5-9-13(12)14/h4-11,15H,3H2,1-2H3,(H,18,21)(H,19,20)/t11-,15-/m0/s1. The quantitative estimate of drug-likeness (QED) is 0.878. The average molecular weight is 301 g/mol. The number of amides is 1. The molecule has 116 valence electrons. The highest BCUT2D eigenvalue weighted by Crippen LogP contribution is 2.23. The second-order valence-corrected chi connectivity index (χ2v) is 5.20. The first-order valence-electron chi connectivity index (χ1n) is 7.21. The Morgan fingerprint density at radius 1 is 1.18 bits per heavy atom. The number of benzene rings is 2. The molecular formula is C17H19NO4. The number of carboxylic acids is 1. The Kier molecular flexibility index (Phi) is 4.99. The maximum absolute atomic E-state index is 12.0. The van der Waals surface area contributed by atoms with Gasteiger partial charge in [-0.1, -0.05) is 50.2 Å². The topological polar surface area (TPSA) is 75.6 Å². The third-order valence-corrected chi connectivity index (χ3v) is 3.66. The number of rotatable bonds is 5. The molecule has 0 aliphatic heterocycles. The summed E-state index contributed by atoms with van der Waals surface area (Å²) in [7, 11) is 0. The second kappa shape index (κ2) is 6.93. The lowest BCUT2D eigenvalue weighted by Crippen LogP contribution is -2.34. The number of anilines is 1. The minimum atomic E-state index is -1.15. The van der Waals surface area contributed by atoms with E-state index in [4.69, 9.17) is 9.84 Å². The molecule has 22 heavy (non-hydrogen) atoms. The lowest BCUT2D eigenvalue weighted by Gasteiger charge is -2.19. The monoisotopic (exact) mass is 301 g/mol. The van der Waals surface area contributed by atoms with Crippen LogP contribution in [0.1, 0.15) is 20.3 Å². The van der Waals surface area contributed by atoms with Gasteiger partial charge in [-0.05, 0) is 17.9 Å². The zero-order valence-electron chi connectivity index (χ0n) is 12.6. The van der Waals surface area contributed by atoms with Crippen LogP contribution in [0.5, 0.6) is 0 Å². The number of carbonyl (C=O) groups excluding carboxylic acids is 1. The first-order valence-corrected chi connectivity index (χ1v) is 7.21. The van der Waals surface area contributed by atoms with E-state index in [1.165, 1.54) is 0 Å². The van der Waals surface area contributed by atoms with Crippen LogP contribution >= 0.6 is 0 Å². The van der Waals surface area contributed by atoms with Gasteiger partial charge in [0.15, 0.2) is 0 Å². The highest BCUT2D eigenvalue weighted by Gasteiger charge is 2.27. The molecule has 0 radical (unpaired) electrons. The van der Waals surface area contributed by atoms with E-state index in [0.29, 0.717) is 12.1 Å². The van der Waals surface area contributed by atoms with Crippen LogP contribution in [-0.4, -0.2) is 23.3 Å². The molecule has 2 rings (SSSR count). The van der Waals surface area contributed by atoms with Crippen molar-refractivity contribution in [2.24, 2.45) is 5.92 Å². The van der Waals surface area contributed by atoms with Crippen molar-refractivity contribution in [1.29, 1.82) is 0 Å². The Labute approximate surface area is 128 Å². The fraction of sp³-hybridized carbons (Fsp3) is 0.294. The molecule has 5 heteroatoms. The molecule has 0 aliphatic carbocycles. The van der Waals surface area contributed by atoms with Crippen molar-refractivity contribution < 1.29 is 19.4 Å². The predicted molar refractivity (Wildman–Crippen MR) is 84.9 cm³/mol. The fourth-order valence-corrected chi connectivity index (χ4v) is 2.21. The van der Waals surface area contributed by atoms with Crippen molar-refractivity contribution in [3.63, 3.8) is 0 Å². The molecule has 0 fully saturated rings. The van der Waals surface area contributed by atoms with E-state index >= 15 is 0 Å². The van der Waals surface area contributed by atoms with Gasteiger partial charge in [0.25, 0.3) is 0 Å². The summed E-state index contributed by atoms with van der Waals surface area (Å²) in [5.74, 6) is -1.39. The van der Waals surface area contributed by atoms with Gasteiger partial charge >= 0.3 is 12.1 Å². The summed E-state index contributed by atoms with van der Waals surface area (Å²) in [5, 5.41) is 13.6. The van der Waals surface area contributed by atoms with Crippen molar-refractivity contribution in [2.45, 2.75) is 26.4 Å². The molecule has 0 saturated heterocycles. The van der Waals surface area contributed by atoms with E-state index in [1.807, 2.05) is 43.3 Å². The highest BCUT2D eigenvalue weighted by molar-refractivity contribution is 6.00. The first kappa shape index (κ1) is 15.8. The van der Waals surface area contributed by atoms with Crippen LogP contribution < -0.4 is 5.32 Å². The van der Waals surface area contributed by atoms with Gasteiger partial charge in [0.2, 0.25) is 6.10 Å². The number of carboxylic acid groups (broad SMARTS) is 1. The lowest BCUT2D eigenvalue weighted by atomic mass is 10.0. The molecule has 2 atom stereocenters. The van der Waals surface area contributed by atoms with Crippen LogP contribution in [0.15, 0.2) is 42.5 Å². The normalized spacial score (nSPS) is 13.4. The van der Waals surface area contributed by atoms with Gasteiger partial charge in [0.1, 0.15) is 0 Å². The van der Waals surface area contributed by atoms with Crippen molar-refractivity contribution in [1.82, 2.24) is 0 Å². The van der Waals surface area contributed by atoms with Gasteiger partial charge in [0.05, 0.1) is 5.69 Å². The van der Waals surface area contributed by atoms with Crippen LogP contribution in [0.4, 0.5) is 10.5 Å². The van der Waals surface area contributed by atoms with Crippen LogP contribution in [-0.2, 0) is 9.53 Å². The van der Waals surface area contributed by atoms with E-state index < -0.39 is 18.2 Å². The van der Waals surface area contributed by atoms with Crippen LogP contribution in [0.2, 0.25) is 0 Å². The first-order chi connectivity index (χ1) is 10.5. The van der Waals surface area contributed by atoms with Crippen LogP contribution in [0.25, 0.3) is 10.8 Å². The number of nitrogens with one attached hydrogen (secondary N) is 1. The van der Waals surface area contributed by atoms with Crippen molar-refractivity contribution >= 4 is 28.5 Å². The molecule has 0 unspecified atom stereocenters. The van der Waals surface area contributed by atoms with E-state index in [1.54, 1.807) is 13.0 Å².